The average molecular weight is 312 g/mol. The molecule has 0 aliphatic carbocycles. The molecule has 1 aromatic heterocycles. The number of amides is 1. The van der Waals surface area contributed by atoms with Gasteiger partial charge in [-0.1, -0.05) is 0 Å². The molecule has 1 rings (SSSR count). The molecule has 1 heterocycles. The number of sulfone groups is 1. The Morgan fingerprint density at radius 1 is 1.53 bits per heavy atom. The first-order valence-corrected chi connectivity index (χ1v) is 7.77. The molecule has 0 saturated carbocycles. The van der Waals surface area contributed by atoms with Crippen molar-refractivity contribution in [3.8, 4) is 0 Å². The number of carbonyl (C=O) groups is 1. The molecule has 0 fully saturated rings. The fourth-order valence-electron chi connectivity index (χ4n) is 0.873. The van der Waals surface area contributed by atoms with Gasteiger partial charge >= 0.3 is 0 Å². The monoisotopic (exact) mass is 311 g/mol. The summed E-state index contributed by atoms with van der Waals surface area (Å²) in [6, 6.07) is 3.46. The number of carbonyl (C=O) groups excluding carboxylic acids is 1. The third-order valence-electron chi connectivity index (χ3n) is 1.56. The Kier molecular flexibility index (Phi) is 4.30. The molecule has 0 aromatic carbocycles. The fourth-order valence-corrected chi connectivity index (χ4v) is 2.65. The van der Waals surface area contributed by atoms with E-state index < -0.39 is 9.84 Å². The zero-order chi connectivity index (χ0) is 11.5. The van der Waals surface area contributed by atoms with Gasteiger partial charge in [0.2, 0.25) is 0 Å². The molecule has 0 aliphatic heterocycles. The lowest BCUT2D eigenvalue weighted by Gasteiger charge is -2.01. The molecule has 0 aliphatic rings. The van der Waals surface area contributed by atoms with Crippen molar-refractivity contribution in [2.45, 2.75) is 0 Å². The molecule has 84 valence electrons. The van der Waals surface area contributed by atoms with Crippen LogP contribution in [-0.2, 0) is 9.84 Å². The lowest BCUT2D eigenvalue weighted by Crippen LogP contribution is -2.28. The van der Waals surface area contributed by atoms with E-state index in [1.54, 1.807) is 12.1 Å². The molecule has 0 atom stereocenters. The molecule has 0 bridgehead atoms. The third-order valence-corrected chi connectivity index (χ3v) is 4.12. The van der Waals surface area contributed by atoms with Gasteiger partial charge in [0.25, 0.3) is 5.91 Å². The topological polar surface area (TPSA) is 63.2 Å². The molecule has 7 heteroatoms. The van der Waals surface area contributed by atoms with Gasteiger partial charge in [0.1, 0.15) is 9.84 Å². The molecule has 1 aromatic rings. The van der Waals surface area contributed by atoms with Crippen molar-refractivity contribution in [2.24, 2.45) is 0 Å². The zero-order valence-corrected chi connectivity index (χ0v) is 11.2. The van der Waals surface area contributed by atoms with E-state index in [4.69, 9.17) is 0 Å². The van der Waals surface area contributed by atoms with Crippen molar-refractivity contribution >= 4 is 43.0 Å². The lowest BCUT2D eigenvalue weighted by atomic mass is 10.4. The fraction of sp³-hybridized carbons (Fsp3) is 0.375. The van der Waals surface area contributed by atoms with E-state index in [0.29, 0.717) is 4.88 Å². The van der Waals surface area contributed by atoms with E-state index in [9.17, 15) is 13.2 Å². The van der Waals surface area contributed by atoms with Crippen molar-refractivity contribution in [3.05, 3.63) is 20.8 Å². The summed E-state index contributed by atoms with van der Waals surface area (Å²) in [5.74, 6) is -0.278. The van der Waals surface area contributed by atoms with E-state index in [1.807, 2.05) is 0 Å². The quantitative estimate of drug-likeness (QED) is 0.911. The minimum atomic E-state index is -3.02. The van der Waals surface area contributed by atoms with Crippen LogP contribution in [0.5, 0.6) is 0 Å². The van der Waals surface area contributed by atoms with Gasteiger partial charge in [0, 0.05) is 12.8 Å². The summed E-state index contributed by atoms with van der Waals surface area (Å²) in [6.07, 6.45) is 1.14. The van der Waals surface area contributed by atoms with Gasteiger partial charge in [-0.25, -0.2) is 8.42 Å². The van der Waals surface area contributed by atoms with Crippen LogP contribution in [0.15, 0.2) is 15.9 Å². The van der Waals surface area contributed by atoms with E-state index in [1.165, 1.54) is 11.3 Å². The van der Waals surface area contributed by atoms with E-state index in [-0.39, 0.29) is 18.2 Å². The van der Waals surface area contributed by atoms with Gasteiger partial charge in [-0.2, -0.15) is 0 Å². The Balaban J connectivity index is 2.44. The number of hydrogen-bond acceptors (Lipinski definition) is 4. The Labute approximate surface area is 101 Å². The first-order valence-electron chi connectivity index (χ1n) is 4.10. The second-order valence-electron chi connectivity index (χ2n) is 2.99. The average Bonchev–Trinajstić information content (AvgIpc) is 2.49. The first-order chi connectivity index (χ1) is 6.88. The van der Waals surface area contributed by atoms with Crippen LogP contribution in [-0.4, -0.2) is 32.9 Å². The molecule has 0 unspecified atom stereocenters. The molecular weight excluding hydrogens is 302 g/mol. The maximum atomic E-state index is 11.4. The maximum Gasteiger partial charge on any atom is 0.261 e. The SMILES string of the molecule is CS(=O)(=O)CCNC(=O)c1ccc(Br)s1. The summed E-state index contributed by atoms with van der Waals surface area (Å²) in [5.41, 5.74) is 0. The number of hydrogen-bond donors (Lipinski definition) is 1. The number of rotatable bonds is 4. The summed E-state index contributed by atoms with van der Waals surface area (Å²) in [6.45, 7) is 0.146. The zero-order valence-electron chi connectivity index (χ0n) is 7.99. The maximum absolute atomic E-state index is 11.4. The molecule has 0 saturated heterocycles. The molecule has 1 amide bonds. The molecular formula is C8H10BrNO3S2. The van der Waals surface area contributed by atoms with Crippen molar-refractivity contribution in [1.29, 1.82) is 0 Å². The van der Waals surface area contributed by atoms with Crippen LogP contribution in [0.2, 0.25) is 0 Å². The highest BCUT2D eigenvalue weighted by Crippen LogP contribution is 2.21. The van der Waals surface area contributed by atoms with Crippen molar-refractivity contribution in [2.75, 3.05) is 18.6 Å². The smallest absolute Gasteiger partial charge is 0.261 e. The third kappa shape index (κ3) is 4.76. The van der Waals surface area contributed by atoms with Crippen LogP contribution < -0.4 is 5.32 Å². The van der Waals surface area contributed by atoms with Crippen molar-refractivity contribution in [1.82, 2.24) is 5.32 Å². The second kappa shape index (κ2) is 5.09. The molecule has 15 heavy (non-hydrogen) atoms. The van der Waals surface area contributed by atoms with Gasteiger partial charge in [-0.05, 0) is 28.1 Å². The van der Waals surface area contributed by atoms with Crippen molar-refractivity contribution < 1.29 is 13.2 Å². The largest absolute Gasteiger partial charge is 0.350 e. The summed E-state index contributed by atoms with van der Waals surface area (Å²) in [4.78, 5) is 12.0. The Morgan fingerprint density at radius 2 is 2.20 bits per heavy atom. The van der Waals surface area contributed by atoms with E-state index in [0.717, 1.165) is 10.0 Å². The minimum Gasteiger partial charge on any atom is -0.350 e. The standard InChI is InChI=1S/C8H10BrNO3S2/c1-15(12,13)5-4-10-8(11)6-2-3-7(9)14-6/h2-3H,4-5H2,1H3,(H,10,11). The van der Waals surface area contributed by atoms with Crippen LogP contribution in [0.25, 0.3) is 0 Å². The van der Waals surface area contributed by atoms with Crippen LogP contribution in [0, 0.1) is 0 Å². The normalized spacial score (nSPS) is 11.3. The van der Waals surface area contributed by atoms with Crippen LogP contribution in [0.3, 0.4) is 0 Å². The summed E-state index contributed by atoms with van der Waals surface area (Å²) < 4.78 is 22.5. The number of nitrogens with one attached hydrogen (secondary N) is 1. The van der Waals surface area contributed by atoms with Gasteiger partial charge in [-0.15, -0.1) is 11.3 Å². The minimum absolute atomic E-state index is 0.0364. The van der Waals surface area contributed by atoms with Crippen LogP contribution in [0.4, 0.5) is 0 Å². The van der Waals surface area contributed by atoms with E-state index in [2.05, 4.69) is 21.2 Å². The Bertz CT molecular complexity index is 452. The van der Waals surface area contributed by atoms with Gasteiger partial charge in [0.05, 0.1) is 14.4 Å². The lowest BCUT2D eigenvalue weighted by molar-refractivity contribution is 0.0960. The predicted octanol–water partition coefficient (Wildman–Crippen LogP) is 1.28. The molecule has 1 N–H and O–H groups in total. The Morgan fingerprint density at radius 3 is 2.67 bits per heavy atom. The summed E-state index contributed by atoms with van der Waals surface area (Å²) >= 11 is 4.55. The second-order valence-corrected chi connectivity index (χ2v) is 7.71. The molecule has 0 radical (unpaired) electrons. The number of halogens is 1. The highest BCUT2D eigenvalue weighted by atomic mass is 79.9. The predicted molar refractivity (Wildman–Crippen MR) is 64.1 cm³/mol. The molecule has 0 spiro atoms. The summed E-state index contributed by atoms with van der Waals surface area (Å²) in [7, 11) is -3.02. The highest BCUT2D eigenvalue weighted by molar-refractivity contribution is 9.11. The van der Waals surface area contributed by atoms with E-state index >= 15 is 0 Å². The van der Waals surface area contributed by atoms with Crippen LogP contribution >= 0.6 is 27.3 Å². The number of thiophene rings is 1. The molecule has 4 nitrogen and oxygen atoms in total. The summed E-state index contributed by atoms with van der Waals surface area (Å²) in [5, 5.41) is 2.54. The van der Waals surface area contributed by atoms with Crippen LogP contribution in [0.1, 0.15) is 9.67 Å². The van der Waals surface area contributed by atoms with Gasteiger partial charge < -0.3 is 5.32 Å². The van der Waals surface area contributed by atoms with Crippen molar-refractivity contribution in [3.63, 3.8) is 0 Å². The van der Waals surface area contributed by atoms with Gasteiger partial charge in [0.15, 0.2) is 0 Å². The Hall–Kier alpha value is -0.400. The van der Waals surface area contributed by atoms with Gasteiger partial charge in [-0.3, -0.25) is 4.79 Å². The first kappa shape index (κ1) is 12.7. The highest BCUT2D eigenvalue weighted by Gasteiger charge is 2.09.